The lowest BCUT2D eigenvalue weighted by atomic mass is 10.2. The minimum absolute atomic E-state index is 0.634. The highest BCUT2D eigenvalue weighted by molar-refractivity contribution is 7.08. The van der Waals surface area contributed by atoms with Gasteiger partial charge in [0.05, 0.1) is 0 Å². The first kappa shape index (κ1) is 7.17. The SMILES string of the molecule is [CH2][C@@H]1CCN(c2ccsc2)C1. The molecule has 1 fully saturated rings. The van der Waals surface area contributed by atoms with Crippen LogP contribution in [0.25, 0.3) is 0 Å². The van der Waals surface area contributed by atoms with E-state index >= 15 is 0 Å². The van der Waals surface area contributed by atoms with Gasteiger partial charge >= 0.3 is 0 Å². The van der Waals surface area contributed by atoms with Gasteiger partial charge in [-0.05, 0) is 30.7 Å². The number of hydrogen-bond donors (Lipinski definition) is 0. The highest BCUT2D eigenvalue weighted by Gasteiger charge is 2.18. The first-order chi connectivity index (χ1) is 5.36. The quantitative estimate of drug-likeness (QED) is 0.619. The average Bonchev–Trinajstić information content (AvgIpc) is 2.55. The molecule has 1 aliphatic heterocycles. The molecule has 2 rings (SSSR count). The van der Waals surface area contributed by atoms with Crippen molar-refractivity contribution in [2.24, 2.45) is 5.92 Å². The van der Waals surface area contributed by atoms with Crippen LogP contribution in [0.2, 0.25) is 0 Å². The van der Waals surface area contributed by atoms with Crippen LogP contribution in [0.15, 0.2) is 16.8 Å². The smallest absolute Gasteiger partial charge is 0.0474 e. The average molecular weight is 166 g/mol. The van der Waals surface area contributed by atoms with E-state index in [1.54, 1.807) is 11.3 Å². The Bertz CT molecular complexity index is 217. The summed E-state index contributed by atoms with van der Waals surface area (Å²) < 4.78 is 0. The van der Waals surface area contributed by atoms with Crippen LogP contribution < -0.4 is 4.90 Å². The van der Waals surface area contributed by atoms with Crippen LogP contribution in [0.5, 0.6) is 0 Å². The van der Waals surface area contributed by atoms with Gasteiger partial charge in [-0.3, -0.25) is 0 Å². The van der Waals surface area contributed by atoms with E-state index in [0.717, 1.165) is 6.54 Å². The summed E-state index contributed by atoms with van der Waals surface area (Å²) in [6.07, 6.45) is 1.25. The van der Waals surface area contributed by atoms with Crippen LogP contribution in [0.1, 0.15) is 6.42 Å². The maximum atomic E-state index is 4.06. The lowest BCUT2D eigenvalue weighted by Crippen LogP contribution is -2.17. The molecule has 1 aromatic heterocycles. The van der Waals surface area contributed by atoms with E-state index in [2.05, 4.69) is 28.7 Å². The van der Waals surface area contributed by atoms with Crippen LogP contribution in [-0.2, 0) is 0 Å². The van der Waals surface area contributed by atoms with Gasteiger partial charge < -0.3 is 4.90 Å². The van der Waals surface area contributed by atoms with Gasteiger partial charge in [-0.1, -0.05) is 0 Å². The molecule has 0 unspecified atom stereocenters. The fraction of sp³-hybridized carbons (Fsp3) is 0.444. The van der Waals surface area contributed by atoms with E-state index in [1.807, 2.05) is 0 Å². The molecule has 1 aromatic rings. The normalized spacial score (nSPS) is 24.5. The summed E-state index contributed by atoms with van der Waals surface area (Å²) in [6, 6.07) is 2.18. The zero-order valence-electron chi connectivity index (χ0n) is 6.49. The zero-order chi connectivity index (χ0) is 7.68. The summed E-state index contributed by atoms with van der Waals surface area (Å²) in [5.74, 6) is 0.634. The van der Waals surface area contributed by atoms with Crippen molar-refractivity contribution in [3.8, 4) is 0 Å². The van der Waals surface area contributed by atoms with Crippen molar-refractivity contribution in [3.63, 3.8) is 0 Å². The molecule has 1 saturated heterocycles. The molecule has 11 heavy (non-hydrogen) atoms. The van der Waals surface area contributed by atoms with Crippen LogP contribution in [0, 0.1) is 12.8 Å². The number of nitrogens with zero attached hydrogens (tertiary/aromatic N) is 1. The summed E-state index contributed by atoms with van der Waals surface area (Å²) in [6.45, 7) is 6.38. The van der Waals surface area contributed by atoms with Crippen molar-refractivity contribution in [1.82, 2.24) is 0 Å². The van der Waals surface area contributed by atoms with E-state index in [0.29, 0.717) is 5.92 Å². The lowest BCUT2D eigenvalue weighted by Gasteiger charge is -2.15. The van der Waals surface area contributed by atoms with Gasteiger partial charge in [-0.25, -0.2) is 0 Å². The van der Waals surface area contributed by atoms with E-state index in [4.69, 9.17) is 0 Å². The Morgan fingerprint density at radius 2 is 2.55 bits per heavy atom. The van der Waals surface area contributed by atoms with Crippen molar-refractivity contribution in [2.45, 2.75) is 6.42 Å². The van der Waals surface area contributed by atoms with Gasteiger partial charge in [0.1, 0.15) is 0 Å². The van der Waals surface area contributed by atoms with E-state index in [1.165, 1.54) is 18.7 Å². The second-order valence-electron chi connectivity index (χ2n) is 3.08. The van der Waals surface area contributed by atoms with E-state index in [-0.39, 0.29) is 0 Å². The molecular weight excluding hydrogens is 154 g/mol. The molecular formula is C9H12NS. The first-order valence-electron chi connectivity index (χ1n) is 3.96. The fourth-order valence-electron chi connectivity index (χ4n) is 1.50. The molecule has 59 valence electrons. The van der Waals surface area contributed by atoms with Crippen LogP contribution in [0.3, 0.4) is 0 Å². The second kappa shape index (κ2) is 2.86. The van der Waals surface area contributed by atoms with Crippen LogP contribution in [0.4, 0.5) is 5.69 Å². The molecule has 0 saturated carbocycles. The van der Waals surface area contributed by atoms with Crippen LogP contribution in [-0.4, -0.2) is 13.1 Å². The van der Waals surface area contributed by atoms with Crippen molar-refractivity contribution >= 4 is 17.0 Å². The van der Waals surface area contributed by atoms with Gasteiger partial charge in [0.15, 0.2) is 0 Å². The highest BCUT2D eigenvalue weighted by atomic mass is 32.1. The predicted octanol–water partition coefficient (Wildman–Crippen LogP) is 2.41. The predicted molar refractivity (Wildman–Crippen MR) is 50.0 cm³/mol. The fourth-order valence-corrected chi connectivity index (χ4v) is 2.17. The molecule has 0 N–H and O–H groups in total. The Morgan fingerprint density at radius 3 is 3.09 bits per heavy atom. The standard InChI is InChI=1S/C9H12NS/c1-8-2-4-10(6-8)9-3-5-11-7-9/h3,5,7-8H,1-2,4,6H2/t8-/m1/s1. The highest BCUT2D eigenvalue weighted by Crippen LogP contribution is 2.24. The van der Waals surface area contributed by atoms with Crippen molar-refractivity contribution in [3.05, 3.63) is 23.8 Å². The number of thiophene rings is 1. The van der Waals surface area contributed by atoms with E-state index < -0.39 is 0 Å². The van der Waals surface area contributed by atoms with Crippen molar-refractivity contribution in [2.75, 3.05) is 18.0 Å². The maximum Gasteiger partial charge on any atom is 0.0474 e. The Labute approximate surface area is 71.7 Å². The largest absolute Gasteiger partial charge is 0.371 e. The third kappa shape index (κ3) is 1.41. The minimum atomic E-state index is 0.634. The van der Waals surface area contributed by atoms with Gasteiger partial charge in [-0.2, -0.15) is 11.3 Å². The van der Waals surface area contributed by atoms with Crippen molar-refractivity contribution < 1.29 is 0 Å². The molecule has 1 aliphatic rings. The molecule has 2 heteroatoms. The summed E-state index contributed by atoms with van der Waals surface area (Å²) in [5.41, 5.74) is 1.38. The molecule has 0 aromatic carbocycles. The van der Waals surface area contributed by atoms with Gasteiger partial charge in [0.25, 0.3) is 0 Å². The topological polar surface area (TPSA) is 3.24 Å². The summed E-state index contributed by atoms with van der Waals surface area (Å²) in [4.78, 5) is 2.41. The lowest BCUT2D eigenvalue weighted by molar-refractivity contribution is 0.735. The monoisotopic (exact) mass is 166 g/mol. The van der Waals surface area contributed by atoms with Gasteiger partial charge in [-0.15, -0.1) is 0 Å². The molecule has 0 aliphatic carbocycles. The number of hydrogen-bond acceptors (Lipinski definition) is 2. The first-order valence-corrected chi connectivity index (χ1v) is 4.91. The molecule has 2 heterocycles. The zero-order valence-corrected chi connectivity index (χ0v) is 7.31. The molecule has 0 amide bonds. The Balaban J connectivity index is 2.08. The molecule has 0 bridgehead atoms. The van der Waals surface area contributed by atoms with E-state index in [9.17, 15) is 0 Å². The molecule has 1 atom stereocenters. The third-order valence-corrected chi connectivity index (χ3v) is 2.83. The third-order valence-electron chi connectivity index (χ3n) is 2.16. The molecule has 1 radical (unpaired) electrons. The number of rotatable bonds is 1. The van der Waals surface area contributed by atoms with Crippen molar-refractivity contribution in [1.29, 1.82) is 0 Å². The molecule has 0 spiro atoms. The summed E-state index contributed by atoms with van der Waals surface area (Å²) in [7, 11) is 0. The van der Waals surface area contributed by atoms with Gasteiger partial charge in [0, 0.05) is 24.2 Å². The molecule has 1 nitrogen and oxygen atoms in total. The summed E-state index contributed by atoms with van der Waals surface area (Å²) in [5, 5.41) is 4.34. The summed E-state index contributed by atoms with van der Waals surface area (Å²) >= 11 is 1.77. The second-order valence-corrected chi connectivity index (χ2v) is 3.86. The van der Waals surface area contributed by atoms with Crippen LogP contribution >= 0.6 is 11.3 Å². The minimum Gasteiger partial charge on any atom is -0.371 e. The maximum absolute atomic E-state index is 4.06. The Morgan fingerprint density at radius 1 is 1.64 bits per heavy atom. The Kier molecular flexibility index (Phi) is 1.86. The number of anilines is 1. The Hall–Kier alpha value is -0.500. The van der Waals surface area contributed by atoms with Gasteiger partial charge in [0.2, 0.25) is 0 Å².